The predicted octanol–water partition coefficient (Wildman–Crippen LogP) is 3.21. The second kappa shape index (κ2) is 3.52. The van der Waals surface area contributed by atoms with Crippen LogP contribution in [0.3, 0.4) is 0 Å². The first-order valence-electron chi connectivity index (χ1n) is 4.77. The maximum Gasteiger partial charge on any atom is 0.416 e. The van der Waals surface area contributed by atoms with E-state index in [-0.39, 0.29) is 12.0 Å². The van der Waals surface area contributed by atoms with E-state index in [9.17, 15) is 13.2 Å². The van der Waals surface area contributed by atoms with Gasteiger partial charge in [-0.25, -0.2) is 0 Å². The molecule has 0 bridgehead atoms. The van der Waals surface area contributed by atoms with E-state index in [4.69, 9.17) is 4.74 Å². The van der Waals surface area contributed by atoms with Crippen LogP contribution in [0.5, 0.6) is 0 Å². The minimum atomic E-state index is -4.25. The zero-order valence-corrected chi connectivity index (χ0v) is 8.21. The molecule has 0 N–H and O–H groups in total. The van der Waals surface area contributed by atoms with Crippen LogP contribution in [0.2, 0.25) is 0 Å². The Bertz CT molecular complexity index is 338. The first-order chi connectivity index (χ1) is 6.98. The number of epoxide rings is 1. The average molecular weight is 216 g/mol. The highest BCUT2D eigenvalue weighted by atomic mass is 19.4. The number of ether oxygens (including phenoxy) is 1. The molecule has 15 heavy (non-hydrogen) atoms. The standard InChI is InChI=1S/C11H11F3O/c1-7(10-6-15-10)8-2-4-9(5-3-8)11(12,13)14/h2-5,7,10H,6H2,1H3/t7?,10-/m1/s1. The fourth-order valence-electron chi connectivity index (χ4n) is 1.53. The normalized spacial score (nSPS) is 22.5. The topological polar surface area (TPSA) is 12.5 Å². The zero-order chi connectivity index (χ0) is 11.1. The summed E-state index contributed by atoms with van der Waals surface area (Å²) in [5.74, 6) is 0.173. The molecule has 1 nitrogen and oxygen atoms in total. The van der Waals surface area contributed by atoms with Crippen molar-refractivity contribution in [2.24, 2.45) is 0 Å². The van der Waals surface area contributed by atoms with E-state index in [0.717, 1.165) is 17.7 Å². The van der Waals surface area contributed by atoms with E-state index in [1.165, 1.54) is 12.1 Å². The first kappa shape index (κ1) is 10.5. The van der Waals surface area contributed by atoms with Gasteiger partial charge in [-0.2, -0.15) is 13.2 Å². The maximum absolute atomic E-state index is 12.3. The van der Waals surface area contributed by atoms with Gasteiger partial charge in [-0.05, 0) is 17.7 Å². The van der Waals surface area contributed by atoms with Crippen LogP contribution >= 0.6 is 0 Å². The van der Waals surface area contributed by atoms with E-state index in [1.54, 1.807) is 0 Å². The van der Waals surface area contributed by atoms with Crippen LogP contribution < -0.4 is 0 Å². The molecule has 0 aliphatic carbocycles. The number of benzene rings is 1. The van der Waals surface area contributed by atoms with Crippen molar-refractivity contribution in [1.82, 2.24) is 0 Å². The molecular weight excluding hydrogens is 205 g/mol. The molecule has 1 aromatic carbocycles. The molecule has 0 radical (unpaired) electrons. The molecule has 82 valence electrons. The second-order valence-corrected chi connectivity index (χ2v) is 3.78. The third kappa shape index (κ3) is 2.31. The van der Waals surface area contributed by atoms with Crippen LogP contribution in [-0.2, 0) is 10.9 Å². The quantitative estimate of drug-likeness (QED) is 0.691. The van der Waals surface area contributed by atoms with Crippen LogP contribution in [0.15, 0.2) is 24.3 Å². The summed E-state index contributed by atoms with van der Waals surface area (Å²) < 4.78 is 41.9. The monoisotopic (exact) mass is 216 g/mol. The summed E-state index contributed by atoms with van der Waals surface area (Å²) in [6.07, 6.45) is -4.07. The summed E-state index contributed by atoms with van der Waals surface area (Å²) in [6.45, 7) is 2.67. The summed E-state index contributed by atoms with van der Waals surface area (Å²) in [4.78, 5) is 0. The van der Waals surface area contributed by atoms with Gasteiger partial charge in [0.2, 0.25) is 0 Å². The lowest BCUT2D eigenvalue weighted by Crippen LogP contribution is -2.06. The van der Waals surface area contributed by atoms with Crippen molar-refractivity contribution in [2.45, 2.75) is 25.1 Å². The predicted molar refractivity (Wildman–Crippen MR) is 49.6 cm³/mol. The summed E-state index contributed by atoms with van der Waals surface area (Å²) in [6, 6.07) is 5.28. The molecule has 0 aromatic heterocycles. The summed E-state index contributed by atoms with van der Waals surface area (Å²) in [7, 11) is 0. The van der Waals surface area contributed by atoms with Crippen molar-refractivity contribution in [3.8, 4) is 0 Å². The smallest absolute Gasteiger partial charge is 0.372 e. The van der Waals surface area contributed by atoms with Crippen molar-refractivity contribution in [3.63, 3.8) is 0 Å². The van der Waals surface area contributed by atoms with Crippen LogP contribution in [0.25, 0.3) is 0 Å². The van der Waals surface area contributed by atoms with E-state index in [1.807, 2.05) is 6.92 Å². The Labute approximate surface area is 85.9 Å². The molecule has 0 amide bonds. The molecule has 0 saturated carbocycles. The molecule has 2 rings (SSSR count). The molecule has 0 spiro atoms. The van der Waals surface area contributed by atoms with Gasteiger partial charge in [-0.3, -0.25) is 0 Å². The van der Waals surface area contributed by atoms with Crippen LogP contribution in [0.4, 0.5) is 13.2 Å². The van der Waals surface area contributed by atoms with Gasteiger partial charge in [-0.15, -0.1) is 0 Å². The fraction of sp³-hybridized carbons (Fsp3) is 0.455. The fourth-order valence-corrected chi connectivity index (χ4v) is 1.53. The SMILES string of the molecule is CC(c1ccc(C(F)(F)F)cc1)[C@H]1CO1. The Morgan fingerprint density at radius 2 is 1.80 bits per heavy atom. The van der Waals surface area contributed by atoms with Gasteiger partial charge in [0.05, 0.1) is 18.3 Å². The Morgan fingerprint density at radius 3 is 2.20 bits per heavy atom. The number of hydrogen-bond donors (Lipinski definition) is 0. The van der Waals surface area contributed by atoms with Gasteiger partial charge < -0.3 is 4.74 Å². The number of rotatable bonds is 2. The van der Waals surface area contributed by atoms with E-state index >= 15 is 0 Å². The molecular formula is C11H11F3O. The van der Waals surface area contributed by atoms with Crippen LogP contribution in [0.1, 0.15) is 24.0 Å². The molecule has 1 saturated heterocycles. The van der Waals surface area contributed by atoms with Gasteiger partial charge in [0.25, 0.3) is 0 Å². The highest BCUT2D eigenvalue weighted by Gasteiger charge is 2.32. The summed E-state index contributed by atoms with van der Waals surface area (Å²) in [5.41, 5.74) is 0.292. The Morgan fingerprint density at radius 1 is 1.27 bits per heavy atom. The van der Waals surface area contributed by atoms with Crippen molar-refractivity contribution in [1.29, 1.82) is 0 Å². The van der Waals surface area contributed by atoms with Gasteiger partial charge in [-0.1, -0.05) is 19.1 Å². The highest BCUT2D eigenvalue weighted by Crippen LogP contribution is 2.33. The van der Waals surface area contributed by atoms with E-state index in [2.05, 4.69) is 0 Å². The number of halogens is 3. The largest absolute Gasteiger partial charge is 0.416 e. The highest BCUT2D eigenvalue weighted by molar-refractivity contribution is 5.28. The van der Waals surface area contributed by atoms with E-state index in [0.29, 0.717) is 6.61 Å². The van der Waals surface area contributed by atoms with Crippen LogP contribution in [-0.4, -0.2) is 12.7 Å². The third-order valence-corrected chi connectivity index (χ3v) is 2.68. The molecule has 1 aromatic rings. The van der Waals surface area contributed by atoms with Crippen molar-refractivity contribution in [2.75, 3.05) is 6.61 Å². The molecule has 1 aliphatic heterocycles. The molecule has 1 unspecified atom stereocenters. The number of alkyl halides is 3. The summed E-state index contributed by atoms with van der Waals surface area (Å²) >= 11 is 0. The van der Waals surface area contributed by atoms with E-state index < -0.39 is 11.7 Å². The Kier molecular flexibility index (Phi) is 2.46. The van der Waals surface area contributed by atoms with Crippen LogP contribution in [0, 0.1) is 0 Å². The van der Waals surface area contributed by atoms with Gasteiger partial charge in [0.15, 0.2) is 0 Å². The lowest BCUT2D eigenvalue weighted by atomic mass is 9.97. The molecule has 4 heteroatoms. The lowest BCUT2D eigenvalue weighted by Gasteiger charge is -2.11. The maximum atomic E-state index is 12.3. The number of hydrogen-bond acceptors (Lipinski definition) is 1. The van der Waals surface area contributed by atoms with Gasteiger partial charge >= 0.3 is 6.18 Å². The van der Waals surface area contributed by atoms with Crippen molar-refractivity contribution in [3.05, 3.63) is 35.4 Å². The zero-order valence-electron chi connectivity index (χ0n) is 8.21. The average Bonchev–Trinajstić information content (AvgIpc) is 2.99. The minimum absolute atomic E-state index is 0.173. The first-order valence-corrected chi connectivity index (χ1v) is 4.77. The lowest BCUT2D eigenvalue weighted by molar-refractivity contribution is -0.137. The Balaban J connectivity index is 2.16. The summed E-state index contributed by atoms with van der Waals surface area (Å²) in [5, 5.41) is 0. The van der Waals surface area contributed by atoms with Gasteiger partial charge in [0, 0.05) is 5.92 Å². The van der Waals surface area contributed by atoms with Gasteiger partial charge in [0.1, 0.15) is 0 Å². The molecule has 1 aliphatic rings. The molecule has 1 heterocycles. The minimum Gasteiger partial charge on any atom is -0.372 e. The second-order valence-electron chi connectivity index (χ2n) is 3.78. The molecule has 1 fully saturated rings. The van der Waals surface area contributed by atoms with Crippen molar-refractivity contribution >= 4 is 0 Å². The van der Waals surface area contributed by atoms with Crippen molar-refractivity contribution < 1.29 is 17.9 Å². The Hall–Kier alpha value is -1.03. The third-order valence-electron chi connectivity index (χ3n) is 2.68. The molecule has 2 atom stereocenters.